The second-order valence-corrected chi connectivity index (χ2v) is 5.07. The fourth-order valence-electron chi connectivity index (χ4n) is 2.62. The second kappa shape index (κ2) is 8.09. The van der Waals surface area contributed by atoms with Crippen molar-refractivity contribution in [3.05, 3.63) is 0 Å². The van der Waals surface area contributed by atoms with Crippen molar-refractivity contribution in [2.24, 2.45) is 5.92 Å². The SMILES string of the molecule is CCOC(=O)[C@@H](NC(=O)OC)[C@H]1C[C@@H](CC)O[C@H](C)C1. The normalized spacial score (nSPS) is 27.5. The average Bonchev–Trinajstić information content (AvgIpc) is 2.43. The van der Waals surface area contributed by atoms with E-state index in [1.165, 1.54) is 7.11 Å². The summed E-state index contributed by atoms with van der Waals surface area (Å²) in [6.45, 7) is 6.06. The van der Waals surface area contributed by atoms with Crippen molar-refractivity contribution in [3.8, 4) is 0 Å². The molecular weight excluding hydrogens is 262 g/mol. The Morgan fingerprint density at radius 1 is 1.35 bits per heavy atom. The maximum absolute atomic E-state index is 12.1. The van der Waals surface area contributed by atoms with Gasteiger partial charge in [-0.2, -0.15) is 0 Å². The molecule has 0 aliphatic carbocycles. The number of hydrogen-bond acceptors (Lipinski definition) is 5. The third-order valence-corrected chi connectivity index (χ3v) is 3.55. The van der Waals surface area contributed by atoms with Crippen LogP contribution < -0.4 is 5.32 Å². The fourth-order valence-corrected chi connectivity index (χ4v) is 2.62. The van der Waals surface area contributed by atoms with Crippen molar-refractivity contribution in [1.29, 1.82) is 0 Å². The first kappa shape index (κ1) is 16.8. The molecule has 0 aromatic carbocycles. The Kier molecular flexibility index (Phi) is 6.78. The summed E-state index contributed by atoms with van der Waals surface area (Å²) in [6, 6.07) is -0.678. The molecule has 0 unspecified atom stereocenters. The standard InChI is InChI=1S/C14H25NO5/c1-5-11-8-10(7-9(3)20-11)12(13(16)19-6-2)15-14(17)18-4/h9-12H,5-8H2,1-4H3,(H,15,17)/t9-,10-,11-,12+/m1/s1. The highest BCUT2D eigenvalue weighted by Gasteiger charge is 2.37. The number of carbonyl (C=O) groups excluding carboxylic acids is 2. The Morgan fingerprint density at radius 2 is 2.05 bits per heavy atom. The molecule has 20 heavy (non-hydrogen) atoms. The van der Waals surface area contributed by atoms with Crippen LogP contribution in [0.5, 0.6) is 0 Å². The summed E-state index contributed by atoms with van der Waals surface area (Å²) >= 11 is 0. The smallest absolute Gasteiger partial charge is 0.407 e. The average molecular weight is 287 g/mol. The molecule has 0 aromatic heterocycles. The minimum Gasteiger partial charge on any atom is -0.464 e. The number of carbonyl (C=O) groups is 2. The van der Waals surface area contributed by atoms with Gasteiger partial charge >= 0.3 is 12.1 Å². The third-order valence-electron chi connectivity index (χ3n) is 3.55. The van der Waals surface area contributed by atoms with E-state index in [9.17, 15) is 9.59 Å². The Hall–Kier alpha value is -1.30. The summed E-state index contributed by atoms with van der Waals surface area (Å²) in [5, 5.41) is 2.59. The van der Waals surface area contributed by atoms with E-state index in [1.807, 2.05) is 13.8 Å². The van der Waals surface area contributed by atoms with Gasteiger partial charge < -0.3 is 19.5 Å². The molecule has 1 aliphatic rings. The van der Waals surface area contributed by atoms with Crippen LogP contribution in [0.3, 0.4) is 0 Å². The van der Waals surface area contributed by atoms with Crippen LogP contribution in [0, 0.1) is 5.92 Å². The molecule has 1 rings (SSSR count). The van der Waals surface area contributed by atoms with Gasteiger partial charge in [-0.15, -0.1) is 0 Å². The van der Waals surface area contributed by atoms with Crippen LogP contribution in [0.25, 0.3) is 0 Å². The fraction of sp³-hybridized carbons (Fsp3) is 0.857. The van der Waals surface area contributed by atoms with Crippen LogP contribution in [-0.4, -0.2) is 44.0 Å². The van der Waals surface area contributed by atoms with E-state index in [2.05, 4.69) is 10.1 Å². The number of ether oxygens (including phenoxy) is 3. The van der Waals surface area contributed by atoms with Crippen molar-refractivity contribution < 1.29 is 23.8 Å². The molecule has 1 amide bonds. The number of rotatable bonds is 5. The quantitative estimate of drug-likeness (QED) is 0.781. The van der Waals surface area contributed by atoms with E-state index < -0.39 is 18.1 Å². The van der Waals surface area contributed by atoms with Crippen LogP contribution in [0.1, 0.15) is 40.0 Å². The topological polar surface area (TPSA) is 73.9 Å². The molecule has 4 atom stereocenters. The van der Waals surface area contributed by atoms with E-state index in [0.29, 0.717) is 6.42 Å². The number of alkyl carbamates (subject to hydrolysis) is 1. The van der Waals surface area contributed by atoms with Crippen LogP contribution in [0.2, 0.25) is 0 Å². The first-order valence-electron chi connectivity index (χ1n) is 7.18. The largest absolute Gasteiger partial charge is 0.464 e. The zero-order chi connectivity index (χ0) is 15.1. The van der Waals surface area contributed by atoms with Crippen LogP contribution in [-0.2, 0) is 19.0 Å². The summed E-state index contributed by atoms with van der Waals surface area (Å²) < 4.78 is 15.4. The summed E-state index contributed by atoms with van der Waals surface area (Å²) in [5.74, 6) is -0.409. The number of nitrogens with one attached hydrogen (secondary N) is 1. The Labute approximate surface area is 120 Å². The molecule has 1 fully saturated rings. The second-order valence-electron chi connectivity index (χ2n) is 5.07. The maximum atomic E-state index is 12.1. The van der Waals surface area contributed by atoms with Gasteiger partial charge in [-0.05, 0) is 39.0 Å². The monoisotopic (exact) mass is 287 g/mol. The van der Waals surface area contributed by atoms with E-state index in [0.717, 1.165) is 12.8 Å². The lowest BCUT2D eigenvalue weighted by atomic mass is 9.85. The maximum Gasteiger partial charge on any atom is 0.407 e. The Morgan fingerprint density at radius 3 is 2.60 bits per heavy atom. The molecule has 116 valence electrons. The number of hydrogen-bond donors (Lipinski definition) is 1. The summed E-state index contributed by atoms with van der Waals surface area (Å²) in [6.07, 6.45) is 1.89. The molecule has 0 radical (unpaired) electrons. The lowest BCUT2D eigenvalue weighted by Gasteiger charge is -2.36. The predicted octanol–water partition coefficient (Wildman–Crippen LogP) is 1.87. The van der Waals surface area contributed by atoms with Gasteiger partial charge in [0.2, 0.25) is 0 Å². The zero-order valence-corrected chi connectivity index (χ0v) is 12.7. The van der Waals surface area contributed by atoms with E-state index in [4.69, 9.17) is 9.47 Å². The predicted molar refractivity (Wildman–Crippen MR) is 73.3 cm³/mol. The molecule has 1 saturated heterocycles. The molecule has 6 nitrogen and oxygen atoms in total. The van der Waals surface area contributed by atoms with Gasteiger partial charge in [0.25, 0.3) is 0 Å². The molecule has 1 N–H and O–H groups in total. The minimum absolute atomic E-state index is 0.00171. The van der Waals surface area contributed by atoms with Crippen LogP contribution >= 0.6 is 0 Å². The summed E-state index contributed by atoms with van der Waals surface area (Å²) in [5.41, 5.74) is 0. The molecule has 0 aromatic rings. The van der Waals surface area contributed by atoms with Crippen LogP contribution in [0.4, 0.5) is 4.79 Å². The van der Waals surface area contributed by atoms with Gasteiger partial charge in [0.05, 0.1) is 25.9 Å². The van der Waals surface area contributed by atoms with Crippen LogP contribution in [0.15, 0.2) is 0 Å². The number of esters is 1. The van der Waals surface area contributed by atoms with Gasteiger partial charge in [-0.25, -0.2) is 9.59 Å². The lowest BCUT2D eigenvalue weighted by molar-refractivity contribution is -0.150. The van der Waals surface area contributed by atoms with E-state index in [-0.39, 0.29) is 24.7 Å². The molecular formula is C14H25NO5. The van der Waals surface area contributed by atoms with E-state index in [1.54, 1.807) is 6.92 Å². The van der Waals surface area contributed by atoms with Gasteiger partial charge in [-0.1, -0.05) is 6.92 Å². The number of amides is 1. The summed E-state index contributed by atoms with van der Waals surface area (Å²) in [7, 11) is 1.28. The highest BCUT2D eigenvalue weighted by atomic mass is 16.5. The van der Waals surface area contributed by atoms with E-state index >= 15 is 0 Å². The molecule has 0 saturated carbocycles. The first-order valence-corrected chi connectivity index (χ1v) is 7.18. The van der Waals surface area contributed by atoms with Gasteiger partial charge in [0.1, 0.15) is 6.04 Å². The Balaban J connectivity index is 2.79. The molecule has 6 heteroatoms. The van der Waals surface area contributed by atoms with Crippen molar-refractivity contribution in [3.63, 3.8) is 0 Å². The number of methoxy groups -OCH3 is 1. The van der Waals surface area contributed by atoms with Gasteiger partial charge in [-0.3, -0.25) is 0 Å². The molecule has 0 spiro atoms. The lowest BCUT2D eigenvalue weighted by Crippen LogP contribution is -2.50. The molecule has 0 bridgehead atoms. The van der Waals surface area contributed by atoms with Crippen molar-refractivity contribution in [2.75, 3.05) is 13.7 Å². The minimum atomic E-state index is -0.678. The van der Waals surface area contributed by atoms with Crippen molar-refractivity contribution in [2.45, 2.75) is 58.3 Å². The summed E-state index contributed by atoms with van der Waals surface area (Å²) in [4.78, 5) is 23.5. The first-order chi connectivity index (χ1) is 9.51. The van der Waals surface area contributed by atoms with Crippen molar-refractivity contribution >= 4 is 12.1 Å². The third kappa shape index (κ3) is 4.67. The highest BCUT2D eigenvalue weighted by Crippen LogP contribution is 2.29. The van der Waals surface area contributed by atoms with Gasteiger partial charge in [0, 0.05) is 0 Å². The molecule has 1 aliphatic heterocycles. The Bertz CT molecular complexity index is 334. The zero-order valence-electron chi connectivity index (χ0n) is 12.7. The van der Waals surface area contributed by atoms with Crippen molar-refractivity contribution in [1.82, 2.24) is 5.32 Å². The van der Waals surface area contributed by atoms with Gasteiger partial charge in [0.15, 0.2) is 0 Å². The molecule has 1 heterocycles. The highest BCUT2D eigenvalue weighted by molar-refractivity contribution is 5.81.